The molecule has 1 fully saturated rings. The summed E-state index contributed by atoms with van der Waals surface area (Å²) >= 11 is 0. The van der Waals surface area contributed by atoms with Crippen LogP contribution in [-0.2, 0) is 11.2 Å². The lowest BCUT2D eigenvalue weighted by atomic mass is 9.96. The predicted octanol–water partition coefficient (Wildman–Crippen LogP) is 2.23. The van der Waals surface area contributed by atoms with Gasteiger partial charge in [0.25, 0.3) is 5.69 Å². The van der Waals surface area contributed by atoms with Gasteiger partial charge in [0.15, 0.2) is 0 Å². The second kappa shape index (κ2) is 7.17. The van der Waals surface area contributed by atoms with E-state index in [1.54, 1.807) is 12.1 Å². The summed E-state index contributed by atoms with van der Waals surface area (Å²) in [5.74, 6) is -0.675. The van der Waals surface area contributed by atoms with Crippen molar-refractivity contribution in [2.24, 2.45) is 11.8 Å². The minimum atomic E-state index is -0.685. The van der Waals surface area contributed by atoms with Crippen LogP contribution in [0.15, 0.2) is 24.3 Å². The zero-order valence-corrected chi connectivity index (χ0v) is 11.8. The first-order valence-corrected chi connectivity index (χ1v) is 7.25. The number of hydrogen-bond donors (Lipinski definition) is 2. The number of carboxylic acid groups (broad SMARTS) is 1. The van der Waals surface area contributed by atoms with Gasteiger partial charge in [-0.05, 0) is 43.8 Å². The third-order valence-corrected chi connectivity index (χ3v) is 4.12. The average molecular weight is 292 g/mol. The highest BCUT2D eigenvalue weighted by molar-refractivity contribution is 5.70. The van der Waals surface area contributed by atoms with Gasteiger partial charge < -0.3 is 10.4 Å². The first-order chi connectivity index (χ1) is 10.1. The molecule has 1 aliphatic carbocycles. The van der Waals surface area contributed by atoms with Crippen LogP contribution >= 0.6 is 0 Å². The van der Waals surface area contributed by atoms with E-state index in [4.69, 9.17) is 5.11 Å². The van der Waals surface area contributed by atoms with Crippen LogP contribution in [0.4, 0.5) is 5.69 Å². The van der Waals surface area contributed by atoms with E-state index < -0.39 is 10.9 Å². The fourth-order valence-electron chi connectivity index (χ4n) is 2.91. The van der Waals surface area contributed by atoms with Gasteiger partial charge in [0.1, 0.15) is 0 Å². The highest BCUT2D eigenvalue weighted by Crippen LogP contribution is 2.31. The second-order valence-electron chi connectivity index (χ2n) is 5.51. The number of rotatable bonds is 7. The van der Waals surface area contributed by atoms with Crippen LogP contribution in [0.25, 0.3) is 0 Å². The first-order valence-electron chi connectivity index (χ1n) is 7.25. The quantitative estimate of drug-likeness (QED) is 0.456. The molecule has 0 spiro atoms. The molecular formula is C15H20N2O4. The molecular weight excluding hydrogens is 272 g/mol. The van der Waals surface area contributed by atoms with E-state index in [-0.39, 0.29) is 17.5 Å². The molecule has 2 rings (SSSR count). The molecule has 1 aliphatic rings. The predicted molar refractivity (Wildman–Crippen MR) is 78.1 cm³/mol. The summed E-state index contributed by atoms with van der Waals surface area (Å²) < 4.78 is 0. The highest BCUT2D eigenvalue weighted by atomic mass is 16.6. The van der Waals surface area contributed by atoms with Gasteiger partial charge in [0.05, 0.1) is 10.8 Å². The molecule has 0 heterocycles. The number of benzene rings is 1. The molecule has 2 unspecified atom stereocenters. The molecule has 1 aromatic carbocycles. The number of nitrogens with one attached hydrogen (secondary N) is 1. The number of nitro benzene ring substituents is 1. The van der Waals surface area contributed by atoms with Crippen LogP contribution in [-0.4, -0.2) is 29.1 Å². The summed E-state index contributed by atoms with van der Waals surface area (Å²) in [6.45, 7) is 1.48. The minimum absolute atomic E-state index is 0.0990. The van der Waals surface area contributed by atoms with E-state index in [0.717, 1.165) is 44.3 Å². The largest absolute Gasteiger partial charge is 0.481 e. The summed E-state index contributed by atoms with van der Waals surface area (Å²) in [5.41, 5.74) is 1.14. The van der Waals surface area contributed by atoms with Crippen molar-refractivity contribution in [1.29, 1.82) is 0 Å². The van der Waals surface area contributed by atoms with Crippen molar-refractivity contribution in [3.05, 3.63) is 39.9 Å². The van der Waals surface area contributed by atoms with Crippen molar-refractivity contribution < 1.29 is 14.8 Å². The van der Waals surface area contributed by atoms with Crippen LogP contribution in [0.2, 0.25) is 0 Å². The first kappa shape index (κ1) is 15.4. The second-order valence-corrected chi connectivity index (χ2v) is 5.51. The molecule has 21 heavy (non-hydrogen) atoms. The Labute approximate surface area is 123 Å². The molecule has 0 amide bonds. The van der Waals surface area contributed by atoms with Crippen molar-refractivity contribution in [3.8, 4) is 0 Å². The van der Waals surface area contributed by atoms with Crippen LogP contribution in [0.1, 0.15) is 24.8 Å². The fraction of sp³-hybridized carbons (Fsp3) is 0.533. The maximum Gasteiger partial charge on any atom is 0.306 e. The van der Waals surface area contributed by atoms with Gasteiger partial charge in [-0.2, -0.15) is 0 Å². The minimum Gasteiger partial charge on any atom is -0.481 e. The molecule has 0 radical (unpaired) electrons. The van der Waals surface area contributed by atoms with Gasteiger partial charge in [-0.1, -0.05) is 18.6 Å². The normalized spacial score (nSPS) is 21.3. The summed E-state index contributed by atoms with van der Waals surface area (Å²) in [6, 6.07) is 6.53. The number of carbonyl (C=O) groups is 1. The zero-order chi connectivity index (χ0) is 15.2. The van der Waals surface area contributed by atoms with E-state index in [1.165, 1.54) is 12.1 Å². The summed E-state index contributed by atoms with van der Waals surface area (Å²) in [6.07, 6.45) is 3.53. The van der Waals surface area contributed by atoms with E-state index >= 15 is 0 Å². The lowest BCUT2D eigenvalue weighted by Gasteiger charge is -2.16. The number of carboxylic acids is 1. The van der Waals surface area contributed by atoms with Crippen LogP contribution in [0.5, 0.6) is 0 Å². The van der Waals surface area contributed by atoms with Gasteiger partial charge >= 0.3 is 5.97 Å². The van der Waals surface area contributed by atoms with Crippen molar-refractivity contribution in [2.75, 3.05) is 13.1 Å². The molecule has 2 N–H and O–H groups in total. The van der Waals surface area contributed by atoms with Crippen molar-refractivity contribution >= 4 is 11.7 Å². The van der Waals surface area contributed by atoms with Crippen LogP contribution in [0, 0.1) is 22.0 Å². The lowest BCUT2D eigenvalue weighted by Crippen LogP contribution is -2.30. The Morgan fingerprint density at radius 2 is 2.05 bits per heavy atom. The van der Waals surface area contributed by atoms with Crippen molar-refractivity contribution in [2.45, 2.75) is 25.7 Å². The number of hydrogen-bond acceptors (Lipinski definition) is 4. The average Bonchev–Trinajstić information content (AvgIpc) is 2.92. The Kier molecular flexibility index (Phi) is 5.27. The van der Waals surface area contributed by atoms with Gasteiger partial charge in [-0.15, -0.1) is 0 Å². The number of non-ortho nitro benzene ring substituents is 1. The van der Waals surface area contributed by atoms with E-state index in [2.05, 4.69) is 5.32 Å². The number of aliphatic carboxylic acids is 1. The van der Waals surface area contributed by atoms with Crippen molar-refractivity contribution in [3.63, 3.8) is 0 Å². The standard InChI is InChI=1S/C15H20N2O4/c18-15(19)14-3-1-2-12(14)10-16-9-8-11-4-6-13(7-5-11)17(20)21/h4-7,12,14,16H,1-3,8-10H2,(H,18,19). The zero-order valence-electron chi connectivity index (χ0n) is 11.8. The molecule has 0 saturated heterocycles. The molecule has 1 aromatic rings. The Hall–Kier alpha value is -1.95. The van der Waals surface area contributed by atoms with Crippen LogP contribution < -0.4 is 5.32 Å². The van der Waals surface area contributed by atoms with Crippen molar-refractivity contribution in [1.82, 2.24) is 5.32 Å². The maximum atomic E-state index is 11.1. The van der Waals surface area contributed by atoms with Gasteiger partial charge in [-0.3, -0.25) is 14.9 Å². The molecule has 1 saturated carbocycles. The maximum absolute atomic E-state index is 11.1. The molecule has 6 nitrogen and oxygen atoms in total. The van der Waals surface area contributed by atoms with Gasteiger partial charge in [-0.25, -0.2) is 0 Å². The Morgan fingerprint density at radius 3 is 2.67 bits per heavy atom. The summed E-state index contributed by atoms with van der Waals surface area (Å²) in [5, 5.41) is 23.0. The fourth-order valence-corrected chi connectivity index (χ4v) is 2.91. The van der Waals surface area contributed by atoms with Crippen LogP contribution in [0.3, 0.4) is 0 Å². The smallest absolute Gasteiger partial charge is 0.306 e. The van der Waals surface area contributed by atoms with Gasteiger partial charge in [0, 0.05) is 12.1 Å². The molecule has 0 aliphatic heterocycles. The monoisotopic (exact) mass is 292 g/mol. The highest BCUT2D eigenvalue weighted by Gasteiger charge is 2.32. The molecule has 0 aromatic heterocycles. The lowest BCUT2D eigenvalue weighted by molar-refractivity contribution is -0.384. The third-order valence-electron chi connectivity index (χ3n) is 4.12. The number of nitro groups is 1. The number of nitrogens with zero attached hydrogens (tertiary/aromatic N) is 1. The Balaban J connectivity index is 1.72. The molecule has 2 atom stereocenters. The van der Waals surface area contributed by atoms with E-state index in [9.17, 15) is 14.9 Å². The van der Waals surface area contributed by atoms with E-state index in [1.807, 2.05) is 0 Å². The molecule has 114 valence electrons. The molecule has 6 heteroatoms. The third kappa shape index (κ3) is 4.26. The molecule has 0 bridgehead atoms. The summed E-state index contributed by atoms with van der Waals surface area (Å²) in [7, 11) is 0. The topological polar surface area (TPSA) is 92.5 Å². The van der Waals surface area contributed by atoms with E-state index in [0.29, 0.717) is 0 Å². The summed E-state index contributed by atoms with van der Waals surface area (Å²) in [4.78, 5) is 21.2. The Morgan fingerprint density at radius 1 is 1.33 bits per heavy atom. The SMILES string of the molecule is O=C(O)C1CCCC1CNCCc1ccc([N+](=O)[O-])cc1. The van der Waals surface area contributed by atoms with Gasteiger partial charge in [0.2, 0.25) is 0 Å². The Bertz CT molecular complexity index is 501.